The fourth-order valence-electron chi connectivity index (χ4n) is 2.49. The molecule has 1 heterocycles. The lowest BCUT2D eigenvalue weighted by molar-refractivity contribution is -0.114. The number of guanidine groups is 1. The third-order valence-corrected chi connectivity index (χ3v) is 4.79. The minimum atomic E-state index is -0.0998. The van der Waals surface area contributed by atoms with Gasteiger partial charge < -0.3 is 15.5 Å². The van der Waals surface area contributed by atoms with Crippen molar-refractivity contribution in [2.75, 3.05) is 37.2 Å². The van der Waals surface area contributed by atoms with E-state index >= 15 is 0 Å². The number of thioether (sulfide) groups is 1. The van der Waals surface area contributed by atoms with Crippen LogP contribution in [0.3, 0.4) is 0 Å². The molecule has 0 spiro atoms. The van der Waals surface area contributed by atoms with Crippen molar-refractivity contribution >= 4 is 53.3 Å². The van der Waals surface area contributed by atoms with Crippen molar-refractivity contribution in [3.8, 4) is 0 Å². The molecule has 1 aliphatic heterocycles. The van der Waals surface area contributed by atoms with Gasteiger partial charge in [0.05, 0.1) is 0 Å². The molecule has 0 saturated carbocycles. The summed E-state index contributed by atoms with van der Waals surface area (Å²) in [6, 6.07) is 9.47. The molecule has 134 valence electrons. The largest absolute Gasteiger partial charge is 0.357 e. The van der Waals surface area contributed by atoms with Gasteiger partial charge in [0.1, 0.15) is 6.54 Å². The lowest BCUT2D eigenvalue weighted by Gasteiger charge is -2.39. The Morgan fingerprint density at radius 1 is 1.33 bits per heavy atom. The van der Waals surface area contributed by atoms with Crippen molar-refractivity contribution in [1.29, 1.82) is 0 Å². The first kappa shape index (κ1) is 21.1. The van der Waals surface area contributed by atoms with E-state index in [2.05, 4.69) is 34.4 Å². The molecular weight excluding hydrogens is 435 g/mol. The Kier molecular flexibility index (Phi) is 8.90. The Bertz CT molecular complexity index is 551. The fraction of sp³-hybridized carbons (Fsp3) is 0.529. The molecule has 0 bridgehead atoms. The molecule has 5 nitrogen and oxygen atoms in total. The van der Waals surface area contributed by atoms with Crippen LogP contribution in [0.5, 0.6) is 0 Å². The van der Waals surface area contributed by atoms with Gasteiger partial charge in [-0.2, -0.15) is 11.8 Å². The summed E-state index contributed by atoms with van der Waals surface area (Å²) < 4.78 is 0.209. The van der Waals surface area contributed by atoms with Gasteiger partial charge in [-0.1, -0.05) is 18.2 Å². The van der Waals surface area contributed by atoms with E-state index in [1.54, 1.807) is 0 Å². The molecule has 0 aromatic heterocycles. The highest BCUT2D eigenvalue weighted by Crippen LogP contribution is 2.29. The van der Waals surface area contributed by atoms with Gasteiger partial charge in [-0.05, 0) is 32.9 Å². The summed E-state index contributed by atoms with van der Waals surface area (Å²) >= 11 is 1.98. The number of aliphatic imine (C=N–C) groups is 1. The second-order valence-electron chi connectivity index (χ2n) is 6.11. The Labute approximate surface area is 166 Å². The molecule has 0 aliphatic carbocycles. The maximum absolute atomic E-state index is 12.1. The Balaban J connectivity index is 0.00000288. The smallest absolute Gasteiger partial charge is 0.246 e. The van der Waals surface area contributed by atoms with E-state index in [9.17, 15) is 4.79 Å². The molecule has 0 atom stereocenters. The molecule has 2 rings (SSSR count). The molecule has 1 saturated heterocycles. The number of hydrogen-bond acceptors (Lipinski definition) is 3. The zero-order valence-corrected chi connectivity index (χ0v) is 17.7. The van der Waals surface area contributed by atoms with Crippen molar-refractivity contribution in [1.82, 2.24) is 10.2 Å². The van der Waals surface area contributed by atoms with Gasteiger partial charge in [-0.3, -0.25) is 4.79 Å². The number of anilines is 1. The lowest BCUT2D eigenvalue weighted by Crippen LogP contribution is -2.51. The van der Waals surface area contributed by atoms with Crippen LogP contribution in [0.4, 0.5) is 5.69 Å². The SMILES string of the molecule is CCNC(=NCC(=O)Nc1ccccc1)N1CCSC(C)(C)C1.I. The van der Waals surface area contributed by atoms with Crippen molar-refractivity contribution in [2.24, 2.45) is 4.99 Å². The Morgan fingerprint density at radius 2 is 2.04 bits per heavy atom. The number of halogens is 1. The summed E-state index contributed by atoms with van der Waals surface area (Å²) in [5, 5.41) is 6.16. The van der Waals surface area contributed by atoms with Crippen molar-refractivity contribution < 1.29 is 4.79 Å². The van der Waals surface area contributed by atoms with Crippen LogP contribution >= 0.6 is 35.7 Å². The molecule has 0 unspecified atom stereocenters. The topological polar surface area (TPSA) is 56.7 Å². The van der Waals surface area contributed by atoms with Gasteiger partial charge >= 0.3 is 0 Å². The van der Waals surface area contributed by atoms with Crippen LogP contribution in [-0.2, 0) is 4.79 Å². The average molecular weight is 462 g/mol. The first-order valence-electron chi connectivity index (χ1n) is 8.02. The maximum Gasteiger partial charge on any atom is 0.246 e. The molecule has 1 aliphatic rings. The van der Waals surface area contributed by atoms with Crippen LogP contribution < -0.4 is 10.6 Å². The maximum atomic E-state index is 12.1. The molecule has 0 radical (unpaired) electrons. The highest BCUT2D eigenvalue weighted by Gasteiger charge is 2.28. The lowest BCUT2D eigenvalue weighted by atomic mass is 10.2. The third-order valence-electron chi connectivity index (χ3n) is 3.49. The Morgan fingerprint density at radius 3 is 2.67 bits per heavy atom. The summed E-state index contributed by atoms with van der Waals surface area (Å²) in [4.78, 5) is 18.8. The molecular formula is C17H27IN4OS. The zero-order chi connectivity index (χ0) is 16.7. The molecule has 1 aromatic carbocycles. The van der Waals surface area contributed by atoms with Crippen LogP contribution in [0.2, 0.25) is 0 Å². The number of amides is 1. The van der Waals surface area contributed by atoms with Gasteiger partial charge in [-0.25, -0.2) is 4.99 Å². The number of benzene rings is 1. The van der Waals surface area contributed by atoms with Crippen molar-refractivity contribution in [3.63, 3.8) is 0 Å². The number of hydrogen-bond donors (Lipinski definition) is 2. The first-order valence-corrected chi connectivity index (χ1v) is 9.01. The normalized spacial score (nSPS) is 17.0. The van der Waals surface area contributed by atoms with E-state index in [-0.39, 0.29) is 41.2 Å². The molecule has 2 N–H and O–H groups in total. The van der Waals surface area contributed by atoms with E-state index < -0.39 is 0 Å². The van der Waals surface area contributed by atoms with Crippen LogP contribution in [0.15, 0.2) is 35.3 Å². The molecule has 7 heteroatoms. The summed E-state index contributed by atoms with van der Waals surface area (Å²) in [6.45, 7) is 9.35. The second-order valence-corrected chi connectivity index (χ2v) is 7.92. The minimum Gasteiger partial charge on any atom is -0.357 e. The quantitative estimate of drug-likeness (QED) is 0.411. The van der Waals surface area contributed by atoms with Gasteiger partial charge in [0, 0.05) is 35.8 Å². The predicted octanol–water partition coefficient (Wildman–Crippen LogP) is 3.04. The summed E-state index contributed by atoms with van der Waals surface area (Å²) in [7, 11) is 0. The molecule has 24 heavy (non-hydrogen) atoms. The number of carbonyl (C=O) groups excluding carboxylic acids is 1. The van der Waals surface area contributed by atoms with Gasteiger partial charge in [0.25, 0.3) is 0 Å². The molecule has 1 amide bonds. The fourth-order valence-corrected chi connectivity index (χ4v) is 3.60. The minimum absolute atomic E-state index is 0. The molecule has 1 aromatic rings. The monoisotopic (exact) mass is 462 g/mol. The van der Waals surface area contributed by atoms with Crippen LogP contribution in [0, 0.1) is 0 Å². The second kappa shape index (κ2) is 10.1. The number of carbonyl (C=O) groups is 1. The summed E-state index contributed by atoms with van der Waals surface area (Å²) in [5.41, 5.74) is 0.799. The van der Waals surface area contributed by atoms with E-state index in [1.807, 2.05) is 49.0 Å². The zero-order valence-electron chi connectivity index (χ0n) is 14.5. The highest BCUT2D eigenvalue weighted by molar-refractivity contribution is 14.0. The number of nitrogens with zero attached hydrogens (tertiary/aromatic N) is 2. The van der Waals surface area contributed by atoms with Crippen molar-refractivity contribution in [2.45, 2.75) is 25.5 Å². The average Bonchev–Trinajstić information content (AvgIpc) is 2.51. The number of nitrogens with one attached hydrogen (secondary N) is 2. The summed E-state index contributed by atoms with van der Waals surface area (Å²) in [5.74, 6) is 1.80. The van der Waals surface area contributed by atoms with Gasteiger partial charge in [-0.15, -0.1) is 24.0 Å². The van der Waals surface area contributed by atoms with E-state index in [0.29, 0.717) is 0 Å². The van der Waals surface area contributed by atoms with E-state index in [0.717, 1.165) is 37.0 Å². The van der Waals surface area contributed by atoms with E-state index in [4.69, 9.17) is 0 Å². The highest BCUT2D eigenvalue weighted by atomic mass is 127. The first-order chi connectivity index (χ1) is 11.0. The van der Waals surface area contributed by atoms with Crippen LogP contribution in [0.1, 0.15) is 20.8 Å². The van der Waals surface area contributed by atoms with E-state index in [1.165, 1.54) is 0 Å². The van der Waals surface area contributed by atoms with Gasteiger partial charge in [0.2, 0.25) is 5.91 Å². The van der Waals surface area contributed by atoms with Crippen molar-refractivity contribution in [3.05, 3.63) is 30.3 Å². The third kappa shape index (κ3) is 6.88. The summed E-state index contributed by atoms with van der Waals surface area (Å²) in [6.07, 6.45) is 0. The standard InChI is InChI=1S/C17H26N4OS.HI/c1-4-18-16(21-10-11-23-17(2,3)13-21)19-12-15(22)20-14-8-6-5-7-9-14;/h5-9H,4,10-13H2,1-3H3,(H,18,19)(H,20,22);1H. The Hall–Kier alpha value is -0.960. The molecule has 1 fully saturated rings. The van der Waals surface area contributed by atoms with Gasteiger partial charge in [0.15, 0.2) is 5.96 Å². The predicted molar refractivity (Wildman–Crippen MR) is 115 cm³/mol. The number of para-hydroxylation sites is 1. The van der Waals surface area contributed by atoms with Crippen LogP contribution in [0.25, 0.3) is 0 Å². The number of rotatable bonds is 4. The van der Waals surface area contributed by atoms with Crippen LogP contribution in [-0.4, -0.2) is 53.4 Å².